The zero-order valence-electron chi connectivity index (χ0n) is 22.9. The Balaban J connectivity index is 1.14. The van der Waals surface area contributed by atoms with E-state index in [-0.39, 0.29) is 35.3 Å². The van der Waals surface area contributed by atoms with Crippen molar-refractivity contribution in [1.29, 1.82) is 0 Å². The van der Waals surface area contributed by atoms with Gasteiger partial charge in [0.15, 0.2) is 11.2 Å². The fourth-order valence-corrected chi connectivity index (χ4v) is 6.45. The molecule has 2 aliphatic rings. The Kier molecular flexibility index (Phi) is 8.48. The fraction of sp³-hybridized carbons (Fsp3) is 0.435. The number of nitrogen functional groups attached to an aromatic ring is 1. The number of aromatic nitrogens is 6. The van der Waals surface area contributed by atoms with E-state index in [0.29, 0.717) is 5.52 Å². The van der Waals surface area contributed by atoms with Crippen LogP contribution in [-0.4, -0.2) is 86.5 Å². The first-order valence-corrected chi connectivity index (χ1v) is 16.3. The summed E-state index contributed by atoms with van der Waals surface area (Å²) < 4.78 is 53.3. The van der Waals surface area contributed by atoms with Crippen LogP contribution in [0.4, 0.5) is 5.95 Å². The molecule has 0 aliphatic carbocycles. The number of aliphatic hydroxyl groups excluding tert-OH is 1. The highest BCUT2D eigenvalue weighted by molar-refractivity contribution is 7.47. The number of para-hydroxylation sites is 1. The summed E-state index contributed by atoms with van der Waals surface area (Å²) in [5, 5.41) is 10.8. The van der Waals surface area contributed by atoms with Gasteiger partial charge in [-0.05, 0) is 12.1 Å². The molecule has 20 nitrogen and oxygen atoms in total. The summed E-state index contributed by atoms with van der Waals surface area (Å²) in [7, 11) is -9.91. The quantitative estimate of drug-likeness (QED) is 0.118. The molecule has 242 valence electrons. The highest BCUT2D eigenvalue weighted by Crippen LogP contribution is 2.49. The summed E-state index contributed by atoms with van der Waals surface area (Å²) >= 11 is 0. The van der Waals surface area contributed by atoms with Crippen LogP contribution < -0.4 is 16.9 Å². The van der Waals surface area contributed by atoms with Gasteiger partial charge in [0.2, 0.25) is 5.95 Å². The first-order chi connectivity index (χ1) is 21.3. The molecule has 0 bridgehead atoms. The number of nitrogens with two attached hydrogens (primary N) is 1. The summed E-state index contributed by atoms with van der Waals surface area (Å²) in [6.45, 7) is -1.38. The van der Waals surface area contributed by atoms with Gasteiger partial charge in [0.25, 0.3) is 11.1 Å². The molecular weight excluding hydrogens is 644 g/mol. The highest BCUT2D eigenvalue weighted by Gasteiger charge is 2.44. The van der Waals surface area contributed by atoms with Gasteiger partial charge in [-0.3, -0.25) is 37.3 Å². The number of H-pyrrole nitrogens is 1. The Morgan fingerprint density at radius 2 is 1.67 bits per heavy atom. The van der Waals surface area contributed by atoms with Crippen molar-refractivity contribution in [3.05, 3.63) is 57.6 Å². The van der Waals surface area contributed by atoms with E-state index >= 15 is 0 Å². The number of nitrogens with zero attached hydrogens (tertiary/aromatic N) is 5. The van der Waals surface area contributed by atoms with Gasteiger partial charge < -0.3 is 35.0 Å². The first-order valence-electron chi connectivity index (χ1n) is 13.3. The maximum atomic E-state index is 13.1. The Bertz CT molecular complexity index is 1940. The van der Waals surface area contributed by atoms with Gasteiger partial charge >= 0.3 is 15.6 Å². The third-order valence-corrected chi connectivity index (χ3v) is 8.72. The number of ether oxygens (including phenoxy) is 2. The Hall–Kier alpha value is -3.39. The Morgan fingerprint density at radius 1 is 0.978 bits per heavy atom. The third-order valence-electron chi connectivity index (χ3n) is 7.22. The average Bonchev–Trinajstić information content (AvgIpc) is 3.67. The molecule has 7 N–H and O–H groups in total. The molecule has 2 saturated heterocycles. The number of aromatic amines is 1. The summed E-state index contributed by atoms with van der Waals surface area (Å²) in [4.78, 5) is 68.6. The van der Waals surface area contributed by atoms with Crippen LogP contribution in [-0.2, 0) is 32.2 Å². The molecule has 0 saturated carbocycles. The molecule has 7 atom stereocenters. The number of rotatable bonds is 10. The number of fused-ring (bicyclic) bond motifs is 2. The number of aliphatic hydroxyl groups is 1. The molecule has 2 unspecified atom stereocenters. The van der Waals surface area contributed by atoms with E-state index in [4.69, 9.17) is 24.3 Å². The summed E-state index contributed by atoms with van der Waals surface area (Å²) in [6.07, 6.45) is -4.70. The zero-order chi connectivity index (χ0) is 32.1. The van der Waals surface area contributed by atoms with Gasteiger partial charge in [0.05, 0.1) is 36.5 Å². The molecule has 45 heavy (non-hydrogen) atoms. The molecule has 0 spiro atoms. The number of anilines is 1. The molecule has 0 radical (unpaired) electrons. The molecule has 6 rings (SSSR count). The van der Waals surface area contributed by atoms with Gasteiger partial charge in [-0.25, -0.2) is 19.1 Å². The van der Waals surface area contributed by atoms with Crippen molar-refractivity contribution in [1.82, 2.24) is 29.1 Å². The average molecular weight is 671 g/mol. The van der Waals surface area contributed by atoms with Crippen molar-refractivity contribution in [2.75, 3.05) is 18.9 Å². The number of hydrogen-bond donors (Lipinski definition) is 6. The molecule has 22 heteroatoms. The van der Waals surface area contributed by atoms with E-state index in [0.717, 1.165) is 4.57 Å². The van der Waals surface area contributed by atoms with Gasteiger partial charge in [0, 0.05) is 12.8 Å². The standard InChI is InChI=1S/C23H27N7O13P2/c24-23-27-20-19(21(32)28-23)26-10-29(20)17-5-13(31)15(41-17)7-40-45(37,38)43-14-6-18(42-16(14)8-39-44(34,35)36)30-9-25-12-4-2-1-3-11(12)22(30)33/h1-4,9-10,13-18,31H,5-8H2,(H,37,38)(H2,34,35,36)(H3,24,27,28,32)/t13?,14-,15+,16+,17+,18+/m0/s1. The fourth-order valence-electron chi connectivity index (χ4n) is 5.15. The van der Waals surface area contributed by atoms with E-state index in [2.05, 4.69) is 24.5 Å². The SMILES string of the molecule is Nc1nc2c(ncn2[C@H]2CC(O)[C@@H](COP(=O)(O)O[C@H]3C[C@H](n4cnc5ccccc5c4=O)O[C@@H]3COP(=O)(O)O)O2)c(=O)[nH]1. The number of nitrogens with one attached hydrogen (secondary N) is 1. The summed E-state index contributed by atoms with van der Waals surface area (Å²) in [6, 6.07) is 6.54. The predicted molar refractivity (Wildman–Crippen MR) is 150 cm³/mol. The number of imidazole rings is 1. The lowest BCUT2D eigenvalue weighted by molar-refractivity contribution is -0.0557. The van der Waals surface area contributed by atoms with Crippen LogP contribution in [0.5, 0.6) is 0 Å². The van der Waals surface area contributed by atoms with Crippen LogP contribution in [0, 0.1) is 0 Å². The predicted octanol–water partition coefficient (Wildman–Crippen LogP) is -0.341. The first kappa shape index (κ1) is 31.6. The van der Waals surface area contributed by atoms with Crippen molar-refractivity contribution in [2.24, 2.45) is 0 Å². The van der Waals surface area contributed by atoms with Crippen LogP contribution in [0.25, 0.3) is 22.1 Å². The van der Waals surface area contributed by atoms with Gasteiger partial charge in [0.1, 0.15) is 37.1 Å². The highest BCUT2D eigenvalue weighted by atomic mass is 31.2. The molecule has 3 aromatic heterocycles. The van der Waals surface area contributed by atoms with E-state index in [1.54, 1.807) is 24.3 Å². The van der Waals surface area contributed by atoms with Crippen molar-refractivity contribution >= 4 is 43.7 Å². The molecule has 1 aromatic carbocycles. The topological polar surface area (TPSA) is 286 Å². The summed E-state index contributed by atoms with van der Waals surface area (Å²) in [5.74, 6) is -0.157. The van der Waals surface area contributed by atoms with E-state index in [9.17, 15) is 38.5 Å². The normalized spacial score (nSPS) is 26.9. The Labute approximate surface area is 251 Å². The van der Waals surface area contributed by atoms with E-state index < -0.39 is 76.8 Å². The van der Waals surface area contributed by atoms with Crippen LogP contribution in [0.15, 0.2) is 46.5 Å². The number of phosphoric ester groups is 2. The number of hydrogen-bond acceptors (Lipinski definition) is 14. The molecule has 5 heterocycles. The van der Waals surface area contributed by atoms with E-state index in [1.165, 1.54) is 17.2 Å². The van der Waals surface area contributed by atoms with Crippen molar-refractivity contribution in [3.63, 3.8) is 0 Å². The van der Waals surface area contributed by atoms with Crippen LogP contribution in [0.1, 0.15) is 25.3 Å². The maximum Gasteiger partial charge on any atom is 0.472 e. The smallest absolute Gasteiger partial charge is 0.390 e. The largest absolute Gasteiger partial charge is 0.472 e. The van der Waals surface area contributed by atoms with Crippen molar-refractivity contribution in [2.45, 2.75) is 49.7 Å². The van der Waals surface area contributed by atoms with Gasteiger partial charge in [-0.2, -0.15) is 4.98 Å². The second kappa shape index (κ2) is 12.1. The van der Waals surface area contributed by atoms with E-state index in [1.807, 2.05) is 0 Å². The monoisotopic (exact) mass is 671 g/mol. The third kappa shape index (κ3) is 6.76. The summed E-state index contributed by atoms with van der Waals surface area (Å²) in [5.41, 5.74) is 5.08. The minimum absolute atomic E-state index is 0.00801. The molecular formula is C23H27N7O13P2. The molecule has 2 aliphatic heterocycles. The number of benzene rings is 1. The van der Waals surface area contributed by atoms with Crippen molar-refractivity contribution in [3.8, 4) is 0 Å². The lowest BCUT2D eigenvalue weighted by Crippen LogP contribution is -2.30. The molecule has 0 amide bonds. The number of phosphoric acid groups is 2. The zero-order valence-corrected chi connectivity index (χ0v) is 24.7. The van der Waals surface area contributed by atoms with Crippen LogP contribution >= 0.6 is 15.6 Å². The minimum atomic E-state index is -4.97. The maximum absolute atomic E-state index is 13.1. The minimum Gasteiger partial charge on any atom is -0.390 e. The Morgan fingerprint density at radius 3 is 2.44 bits per heavy atom. The van der Waals surface area contributed by atoms with Crippen LogP contribution in [0.3, 0.4) is 0 Å². The second-order valence-electron chi connectivity index (χ2n) is 10.2. The lowest BCUT2D eigenvalue weighted by Gasteiger charge is -2.22. The van der Waals surface area contributed by atoms with Gasteiger partial charge in [-0.1, -0.05) is 12.1 Å². The molecule has 4 aromatic rings. The van der Waals surface area contributed by atoms with Gasteiger partial charge in [-0.15, -0.1) is 0 Å². The van der Waals surface area contributed by atoms with Crippen molar-refractivity contribution < 1.29 is 52.0 Å². The molecule has 2 fully saturated rings. The second-order valence-corrected chi connectivity index (χ2v) is 12.9. The van der Waals surface area contributed by atoms with Crippen LogP contribution in [0.2, 0.25) is 0 Å². The lowest BCUT2D eigenvalue weighted by atomic mass is 10.2.